The van der Waals surface area contributed by atoms with Gasteiger partial charge in [0.25, 0.3) is 0 Å². The molecule has 4 rings (SSSR count). The number of rotatable bonds is 8. The molecule has 0 radical (unpaired) electrons. The quantitative estimate of drug-likeness (QED) is 0.244. The monoisotopic (exact) mass is 538 g/mol. The topological polar surface area (TPSA) is 95.3 Å². The molecule has 2 aromatic heterocycles. The lowest BCUT2D eigenvalue weighted by atomic mass is 10.1. The number of hydrogen-bond donors (Lipinski definition) is 1. The van der Waals surface area contributed by atoms with E-state index < -0.39 is 11.8 Å². The van der Waals surface area contributed by atoms with Crippen LogP contribution in [-0.2, 0) is 36.0 Å². The standard InChI is InChI=1S/C23H24ClFN4O4S2/c1-29-18(11-33-16-9-8-13(25)10-15(16)24)27-28-23(29)34-12-19(30)26-21-20(22(31)32-2)14-6-4-3-5-7-17(14)35-21/h8-10H,3-7,11-12H2,1-2H3,(H,26,30). The third-order valence-corrected chi connectivity index (χ3v) is 8.09. The summed E-state index contributed by atoms with van der Waals surface area (Å²) in [6, 6.07) is 3.88. The van der Waals surface area contributed by atoms with Crippen LogP contribution in [-0.4, -0.2) is 39.5 Å². The molecule has 1 aliphatic carbocycles. The summed E-state index contributed by atoms with van der Waals surface area (Å²) in [6.45, 7) is 0.0743. The number of methoxy groups -OCH3 is 1. The van der Waals surface area contributed by atoms with Gasteiger partial charge in [-0.25, -0.2) is 9.18 Å². The maximum atomic E-state index is 13.2. The molecule has 0 saturated heterocycles. The van der Waals surface area contributed by atoms with E-state index in [1.807, 2.05) is 0 Å². The second-order valence-corrected chi connectivity index (χ2v) is 10.4. The summed E-state index contributed by atoms with van der Waals surface area (Å²) in [6.07, 6.45) is 4.93. The Morgan fingerprint density at radius 1 is 1.26 bits per heavy atom. The van der Waals surface area contributed by atoms with E-state index in [1.54, 1.807) is 11.6 Å². The average Bonchev–Trinajstić information content (AvgIpc) is 3.26. The molecule has 0 spiro atoms. The van der Waals surface area contributed by atoms with Crippen molar-refractivity contribution in [1.29, 1.82) is 0 Å². The Labute approximate surface area is 215 Å². The average molecular weight is 539 g/mol. The zero-order chi connectivity index (χ0) is 24.9. The van der Waals surface area contributed by atoms with E-state index in [0.29, 0.717) is 27.3 Å². The van der Waals surface area contributed by atoms with Gasteiger partial charge in [0.1, 0.15) is 23.2 Å². The first-order valence-corrected chi connectivity index (χ1v) is 13.2. The Balaban J connectivity index is 1.38. The Morgan fingerprint density at radius 3 is 2.83 bits per heavy atom. The molecule has 2 heterocycles. The number of fused-ring (bicyclic) bond motifs is 1. The van der Waals surface area contributed by atoms with Crippen LogP contribution >= 0.6 is 34.7 Å². The molecule has 186 valence electrons. The number of thiophene rings is 1. The number of nitrogens with zero attached hydrogens (tertiary/aromatic N) is 3. The predicted molar refractivity (Wildman–Crippen MR) is 133 cm³/mol. The van der Waals surface area contributed by atoms with Crippen molar-refractivity contribution in [2.45, 2.75) is 43.9 Å². The van der Waals surface area contributed by atoms with Crippen LogP contribution in [0.4, 0.5) is 9.39 Å². The van der Waals surface area contributed by atoms with Crippen molar-refractivity contribution in [3.63, 3.8) is 0 Å². The van der Waals surface area contributed by atoms with Crippen LogP contribution in [0.1, 0.15) is 45.9 Å². The normalized spacial score (nSPS) is 13.1. The first-order chi connectivity index (χ1) is 16.9. The van der Waals surface area contributed by atoms with Crippen LogP contribution in [0.15, 0.2) is 23.4 Å². The van der Waals surface area contributed by atoms with Crippen molar-refractivity contribution in [3.8, 4) is 5.75 Å². The molecule has 0 atom stereocenters. The van der Waals surface area contributed by atoms with Crippen LogP contribution in [0.5, 0.6) is 5.75 Å². The minimum atomic E-state index is -0.449. The highest BCUT2D eigenvalue weighted by Gasteiger charge is 2.26. The van der Waals surface area contributed by atoms with Crippen molar-refractivity contribution in [1.82, 2.24) is 14.8 Å². The van der Waals surface area contributed by atoms with Crippen molar-refractivity contribution in [2.75, 3.05) is 18.2 Å². The number of hydrogen-bond acceptors (Lipinski definition) is 8. The van der Waals surface area contributed by atoms with E-state index in [2.05, 4.69) is 15.5 Å². The van der Waals surface area contributed by atoms with Gasteiger partial charge in [0.15, 0.2) is 11.0 Å². The number of carbonyl (C=O) groups is 2. The van der Waals surface area contributed by atoms with E-state index in [-0.39, 0.29) is 23.3 Å². The number of benzene rings is 1. The van der Waals surface area contributed by atoms with E-state index in [1.165, 1.54) is 48.4 Å². The van der Waals surface area contributed by atoms with Gasteiger partial charge in [-0.2, -0.15) is 0 Å². The number of aryl methyl sites for hydroxylation is 1. The fourth-order valence-electron chi connectivity index (χ4n) is 3.77. The van der Waals surface area contributed by atoms with Gasteiger partial charge >= 0.3 is 5.97 Å². The van der Waals surface area contributed by atoms with Gasteiger partial charge in [0, 0.05) is 11.9 Å². The number of nitrogens with one attached hydrogen (secondary N) is 1. The number of aromatic nitrogens is 3. The van der Waals surface area contributed by atoms with Gasteiger partial charge in [-0.15, -0.1) is 21.5 Å². The molecule has 1 N–H and O–H groups in total. The van der Waals surface area contributed by atoms with Crippen LogP contribution in [0, 0.1) is 5.82 Å². The van der Waals surface area contributed by atoms with Crippen LogP contribution in [0.2, 0.25) is 5.02 Å². The van der Waals surface area contributed by atoms with E-state index in [0.717, 1.165) is 42.5 Å². The number of esters is 1. The first kappa shape index (κ1) is 25.5. The fraction of sp³-hybridized carbons (Fsp3) is 0.391. The number of amides is 1. The predicted octanol–water partition coefficient (Wildman–Crippen LogP) is 5.03. The molecule has 1 aromatic carbocycles. The maximum Gasteiger partial charge on any atom is 0.341 e. The number of anilines is 1. The third kappa shape index (κ3) is 5.96. The van der Waals surface area contributed by atoms with Gasteiger partial charge in [-0.1, -0.05) is 29.8 Å². The molecule has 0 aliphatic heterocycles. The first-order valence-electron chi connectivity index (χ1n) is 11.0. The second kappa shape index (κ2) is 11.4. The largest absolute Gasteiger partial charge is 0.484 e. The van der Waals surface area contributed by atoms with E-state index >= 15 is 0 Å². The smallest absolute Gasteiger partial charge is 0.341 e. The highest BCUT2D eigenvalue weighted by molar-refractivity contribution is 7.99. The van der Waals surface area contributed by atoms with Gasteiger partial charge in [-0.05, 0) is 49.4 Å². The molecule has 3 aromatic rings. The summed E-state index contributed by atoms with van der Waals surface area (Å²) in [5.74, 6) is -0.194. The Morgan fingerprint density at radius 2 is 2.06 bits per heavy atom. The minimum Gasteiger partial charge on any atom is -0.484 e. The highest BCUT2D eigenvalue weighted by atomic mass is 35.5. The summed E-state index contributed by atoms with van der Waals surface area (Å²) in [7, 11) is 3.11. The molecular weight excluding hydrogens is 515 g/mol. The Kier molecular flexibility index (Phi) is 8.30. The zero-order valence-corrected chi connectivity index (χ0v) is 21.6. The van der Waals surface area contributed by atoms with Crippen molar-refractivity contribution in [3.05, 3.63) is 50.9 Å². The summed E-state index contributed by atoms with van der Waals surface area (Å²) in [4.78, 5) is 26.3. The summed E-state index contributed by atoms with van der Waals surface area (Å²) in [5, 5.41) is 12.3. The Hall–Kier alpha value is -2.63. The highest BCUT2D eigenvalue weighted by Crippen LogP contribution is 2.38. The van der Waals surface area contributed by atoms with Gasteiger partial charge in [-0.3, -0.25) is 4.79 Å². The lowest BCUT2D eigenvalue weighted by Crippen LogP contribution is -2.16. The molecule has 1 amide bonds. The SMILES string of the molecule is COC(=O)c1c(NC(=O)CSc2nnc(COc3ccc(F)cc3Cl)n2C)sc2c1CCCCC2. The molecule has 0 bridgehead atoms. The zero-order valence-electron chi connectivity index (χ0n) is 19.2. The van der Waals surface area contributed by atoms with E-state index in [9.17, 15) is 14.0 Å². The van der Waals surface area contributed by atoms with Crippen LogP contribution in [0.25, 0.3) is 0 Å². The lowest BCUT2D eigenvalue weighted by molar-refractivity contribution is -0.113. The van der Waals surface area contributed by atoms with Crippen molar-refractivity contribution < 1.29 is 23.5 Å². The number of carbonyl (C=O) groups excluding carboxylic acids is 2. The Bertz CT molecular complexity index is 1250. The van der Waals surface area contributed by atoms with E-state index in [4.69, 9.17) is 21.1 Å². The molecule has 0 unspecified atom stereocenters. The van der Waals surface area contributed by atoms with Crippen molar-refractivity contribution in [2.24, 2.45) is 7.05 Å². The fourth-order valence-corrected chi connectivity index (χ4v) is 6.02. The summed E-state index contributed by atoms with van der Waals surface area (Å²) >= 11 is 8.66. The second-order valence-electron chi connectivity index (χ2n) is 7.92. The lowest BCUT2D eigenvalue weighted by Gasteiger charge is -2.08. The summed E-state index contributed by atoms with van der Waals surface area (Å²) in [5.41, 5.74) is 1.48. The number of ether oxygens (including phenoxy) is 2. The van der Waals surface area contributed by atoms with Crippen LogP contribution in [0.3, 0.4) is 0 Å². The minimum absolute atomic E-state index is 0.0743. The number of halogens is 2. The molecule has 1 aliphatic rings. The molecule has 35 heavy (non-hydrogen) atoms. The van der Waals surface area contributed by atoms with Gasteiger partial charge < -0.3 is 19.4 Å². The maximum absolute atomic E-state index is 13.2. The molecule has 8 nitrogen and oxygen atoms in total. The van der Waals surface area contributed by atoms with Gasteiger partial charge in [0.2, 0.25) is 5.91 Å². The van der Waals surface area contributed by atoms with Gasteiger partial charge in [0.05, 0.1) is 23.4 Å². The van der Waals surface area contributed by atoms with Crippen LogP contribution < -0.4 is 10.1 Å². The molecule has 0 saturated carbocycles. The molecular formula is C23H24ClFN4O4S2. The number of thioether (sulfide) groups is 1. The third-order valence-electron chi connectivity index (χ3n) is 5.57. The summed E-state index contributed by atoms with van der Waals surface area (Å²) < 4.78 is 25.5. The molecule has 0 fully saturated rings. The molecule has 12 heteroatoms. The van der Waals surface area contributed by atoms with Crippen molar-refractivity contribution >= 4 is 51.6 Å².